The number of nitrogens with one attached hydrogen (secondary N) is 1. The fourth-order valence-electron chi connectivity index (χ4n) is 4.21. The maximum atomic E-state index is 12.4. The normalized spacial score (nSPS) is 17.2. The minimum atomic E-state index is -0.395. The number of hydrogen-bond acceptors (Lipinski definition) is 7. The minimum Gasteiger partial charge on any atom is -0.462 e. The smallest absolute Gasteiger partial charge is 0.339 e. The predicted molar refractivity (Wildman–Crippen MR) is 128 cm³/mol. The highest BCUT2D eigenvalue weighted by Gasteiger charge is 2.33. The Balaban J connectivity index is 1.70. The molecule has 1 aromatic carbocycles. The molecule has 0 bridgehead atoms. The van der Waals surface area contributed by atoms with Gasteiger partial charge in [0.1, 0.15) is 5.82 Å². The Morgan fingerprint density at radius 3 is 2.61 bits per heavy atom. The summed E-state index contributed by atoms with van der Waals surface area (Å²) in [4.78, 5) is 35.0. The van der Waals surface area contributed by atoms with Crippen LogP contribution < -0.4 is 16.0 Å². The number of anilines is 3. The van der Waals surface area contributed by atoms with Crippen molar-refractivity contribution >= 4 is 29.1 Å². The second-order valence-electron chi connectivity index (χ2n) is 8.07. The standard InChI is InChI=1S/C25H27N5O3/c1-4-33-25(32)18-5-8-21(27-13-18)17-6-9-23-20(12-17)22(11-15(2)30(23)16(3)31)29-24-10-7-19(26)14-28-24/h5-10,12-15,22H,4,11,26H2,1-3H3,(H,28,29)/t15-,22+/m0/s1. The zero-order valence-corrected chi connectivity index (χ0v) is 18.9. The number of fused-ring (bicyclic) bond motifs is 1. The first-order valence-corrected chi connectivity index (χ1v) is 10.9. The number of amides is 1. The van der Waals surface area contributed by atoms with Gasteiger partial charge in [0, 0.05) is 30.4 Å². The molecule has 2 atom stereocenters. The molecule has 0 unspecified atom stereocenters. The van der Waals surface area contributed by atoms with Crippen molar-refractivity contribution in [1.82, 2.24) is 9.97 Å². The first kappa shape index (κ1) is 22.3. The van der Waals surface area contributed by atoms with Crippen molar-refractivity contribution in [3.05, 3.63) is 66.0 Å². The van der Waals surface area contributed by atoms with E-state index in [-0.39, 0.29) is 18.0 Å². The summed E-state index contributed by atoms with van der Waals surface area (Å²) in [5, 5.41) is 3.48. The van der Waals surface area contributed by atoms with Crippen LogP contribution in [-0.4, -0.2) is 34.5 Å². The third-order valence-electron chi connectivity index (χ3n) is 5.70. The SMILES string of the molecule is CCOC(=O)c1ccc(-c2ccc3c(c2)[C@H](Nc2ccc(N)cn2)C[C@H](C)N3C(C)=O)nc1. The van der Waals surface area contributed by atoms with E-state index >= 15 is 0 Å². The molecule has 1 aliphatic heterocycles. The van der Waals surface area contributed by atoms with Crippen LogP contribution in [0.3, 0.4) is 0 Å². The lowest BCUT2D eigenvalue weighted by atomic mass is 9.89. The maximum Gasteiger partial charge on any atom is 0.339 e. The molecule has 0 spiro atoms. The third kappa shape index (κ3) is 4.64. The van der Waals surface area contributed by atoms with E-state index in [4.69, 9.17) is 10.5 Å². The van der Waals surface area contributed by atoms with Gasteiger partial charge in [0.15, 0.2) is 0 Å². The molecule has 1 aliphatic rings. The van der Waals surface area contributed by atoms with Gasteiger partial charge in [-0.05, 0) is 62.2 Å². The molecule has 0 saturated carbocycles. The lowest BCUT2D eigenvalue weighted by molar-refractivity contribution is -0.117. The van der Waals surface area contributed by atoms with Crippen molar-refractivity contribution in [2.45, 2.75) is 39.3 Å². The number of carbonyl (C=O) groups is 2. The molecule has 170 valence electrons. The van der Waals surface area contributed by atoms with E-state index in [0.717, 1.165) is 28.9 Å². The molecule has 8 nitrogen and oxygen atoms in total. The zero-order valence-electron chi connectivity index (χ0n) is 18.9. The summed E-state index contributed by atoms with van der Waals surface area (Å²) in [6.07, 6.45) is 3.85. The molecule has 0 saturated heterocycles. The van der Waals surface area contributed by atoms with Gasteiger partial charge < -0.3 is 20.7 Å². The third-order valence-corrected chi connectivity index (χ3v) is 5.70. The average Bonchev–Trinajstić information content (AvgIpc) is 2.80. The fourth-order valence-corrected chi connectivity index (χ4v) is 4.21. The second kappa shape index (κ2) is 9.28. The van der Waals surface area contributed by atoms with Gasteiger partial charge in [0.25, 0.3) is 0 Å². The summed E-state index contributed by atoms with van der Waals surface area (Å²) < 4.78 is 5.03. The Labute approximate surface area is 192 Å². The molecular weight excluding hydrogens is 418 g/mol. The van der Waals surface area contributed by atoms with Crippen molar-refractivity contribution in [1.29, 1.82) is 0 Å². The number of esters is 1. The minimum absolute atomic E-state index is 0.00234. The van der Waals surface area contributed by atoms with Crippen LogP contribution in [0.2, 0.25) is 0 Å². The fraction of sp³-hybridized carbons (Fsp3) is 0.280. The van der Waals surface area contributed by atoms with E-state index in [9.17, 15) is 9.59 Å². The summed E-state index contributed by atoms with van der Waals surface area (Å²) in [7, 11) is 0. The van der Waals surface area contributed by atoms with E-state index in [1.165, 1.54) is 6.20 Å². The number of hydrogen-bond donors (Lipinski definition) is 2. The molecule has 8 heteroatoms. The number of nitrogens with two attached hydrogens (primary N) is 1. The number of pyridine rings is 2. The summed E-state index contributed by atoms with van der Waals surface area (Å²) in [6, 6.07) is 13.1. The average molecular weight is 446 g/mol. The van der Waals surface area contributed by atoms with Gasteiger partial charge in [-0.1, -0.05) is 6.07 Å². The van der Waals surface area contributed by atoms with Crippen LogP contribution in [0.25, 0.3) is 11.3 Å². The molecule has 0 radical (unpaired) electrons. The van der Waals surface area contributed by atoms with Crippen LogP contribution in [0.4, 0.5) is 17.2 Å². The number of nitrogen functional groups attached to an aromatic ring is 1. The molecule has 2 aromatic heterocycles. The number of nitrogens with zero attached hydrogens (tertiary/aromatic N) is 3. The first-order valence-electron chi connectivity index (χ1n) is 10.9. The molecule has 33 heavy (non-hydrogen) atoms. The van der Waals surface area contributed by atoms with Crippen molar-refractivity contribution in [2.75, 3.05) is 22.6 Å². The maximum absolute atomic E-state index is 12.4. The Kier molecular flexibility index (Phi) is 6.26. The largest absolute Gasteiger partial charge is 0.462 e. The van der Waals surface area contributed by atoms with E-state index in [0.29, 0.717) is 23.7 Å². The van der Waals surface area contributed by atoms with Crippen molar-refractivity contribution < 1.29 is 14.3 Å². The van der Waals surface area contributed by atoms with E-state index in [1.807, 2.05) is 36.1 Å². The summed E-state index contributed by atoms with van der Waals surface area (Å²) in [5.74, 6) is 0.316. The van der Waals surface area contributed by atoms with Crippen LogP contribution in [-0.2, 0) is 9.53 Å². The Morgan fingerprint density at radius 1 is 1.15 bits per heavy atom. The monoisotopic (exact) mass is 445 g/mol. The lowest BCUT2D eigenvalue weighted by Crippen LogP contribution is -2.43. The van der Waals surface area contributed by atoms with E-state index < -0.39 is 5.97 Å². The highest BCUT2D eigenvalue weighted by atomic mass is 16.5. The molecular formula is C25H27N5O3. The van der Waals surface area contributed by atoms with Crippen molar-refractivity contribution in [3.8, 4) is 11.3 Å². The van der Waals surface area contributed by atoms with Gasteiger partial charge in [-0.2, -0.15) is 0 Å². The highest BCUT2D eigenvalue weighted by Crippen LogP contribution is 2.40. The van der Waals surface area contributed by atoms with Gasteiger partial charge in [-0.3, -0.25) is 9.78 Å². The number of rotatable bonds is 5. The van der Waals surface area contributed by atoms with Gasteiger partial charge in [-0.25, -0.2) is 9.78 Å². The summed E-state index contributed by atoms with van der Waals surface area (Å²) in [5.41, 5.74) is 10.2. The summed E-state index contributed by atoms with van der Waals surface area (Å²) >= 11 is 0. The molecule has 3 heterocycles. The van der Waals surface area contributed by atoms with Crippen molar-refractivity contribution in [2.24, 2.45) is 0 Å². The molecule has 0 aliphatic carbocycles. The van der Waals surface area contributed by atoms with Crippen molar-refractivity contribution in [3.63, 3.8) is 0 Å². The van der Waals surface area contributed by atoms with Gasteiger partial charge in [-0.15, -0.1) is 0 Å². The second-order valence-corrected chi connectivity index (χ2v) is 8.07. The molecule has 4 rings (SSSR count). The van der Waals surface area contributed by atoms with Crippen LogP contribution in [0.5, 0.6) is 0 Å². The molecule has 3 N–H and O–H groups in total. The van der Waals surface area contributed by atoms with Crippen LogP contribution >= 0.6 is 0 Å². The van der Waals surface area contributed by atoms with Crippen LogP contribution in [0.15, 0.2) is 54.9 Å². The quantitative estimate of drug-likeness (QED) is 0.566. The molecule has 0 fully saturated rings. The first-order chi connectivity index (χ1) is 15.9. The number of aromatic nitrogens is 2. The topological polar surface area (TPSA) is 110 Å². The highest BCUT2D eigenvalue weighted by molar-refractivity contribution is 5.94. The number of carbonyl (C=O) groups excluding carboxylic acids is 2. The summed E-state index contributed by atoms with van der Waals surface area (Å²) in [6.45, 7) is 5.70. The van der Waals surface area contributed by atoms with Gasteiger partial charge >= 0.3 is 5.97 Å². The Bertz CT molecular complexity index is 1160. The zero-order chi connectivity index (χ0) is 23.5. The molecule has 1 amide bonds. The predicted octanol–water partition coefficient (Wildman–Crippen LogP) is 4.20. The van der Waals surface area contributed by atoms with Gasteiger partial charge in [0.05, 0.1) is 35.8 Å². The Hall–Kier alpha value is -3.94. The van der Waals surface area contributed by atoms with E-state index in [2.05, 4.69) is 15.3 Å². The number of benzene rings is 1. The Morgan fingerprint density at radius 2 is 1.97 bits per heavy atom. The van der Waals surface area contributed by atoms with Gasteiger partial charge in [0.2, 0.25) is 5.91 Å². The molecule has 3 aromatic rings. The lowest BCUT2D eigenvalue weighted by Gasteiger charge is -2.39. The van der Waals surface area contributed by atoms with Crippen LogP contribution in [0, 0.1) is 0 Å². The van der Waals surface area contributed by atoms with E-state index in [1.54, 1.807) is 38.2 Å². The van der Waals surface area contributed by atoms with Crippen LogP contribution in [0.1, 0.15) is 49.2 Å². The number of ether oxygens (including phenoxy) is 1.